The van der Waals surface area contributed by atoms with Crippen LogP contribution in [0.4, 0.5) is 17.3 Å². The number of furan rings is 1. The molecule has 160 valence electrons. The number of halogens is 1. The number of hydrogen-bond acceptors (Lipinski definition) is 6. The summed E-state index contributed by atoms with van der Waals surface area (Å²) in [7, 11) is 0. The molecule has 3 N–H and O–H groups in total. The van der Waals surface area contributed by atoms with E-state index >= 15 is 0 Å². The van der Waals surface area contributed by atoms with Gasteiger partial charge in [-0.1, -0.05) is 23.7 Å². The Bertz CT molecular complexity index is 1350. The van der Waals surface area contributed by atoms with Gasteiger partial charge in [0.15, 0.2) is 5.76 Å². The molecule has 2 heterocycles. The van der Waals surface area contributed by atoms with Crippen LogP contribution in [0.15, 0.2) is 76.1 Å². The van der Waals surface area contributed by atoms with Gasteiger partial charge >= 0.3 is 0 Å². The van der Waals surface area contributed by atoms with E-state index in [9.17, 15) is 14.4 Å². The summed E-state index contributed by atoms with van der Waals surface area (Å²) in [6.07, 6.45) is 1.32. The van der Waals surface area contributed by atoms with Crippen LogP contribution in [0.5, 0.6) is 0 Å². The Morgan fingerprint density at radius 1 is 1.03 bits per heavy atom. The lowest BCUT2D eigenvalue weighted by atomic mass is 10.1. The number of aromatic amines is 1. The van der Waals surface area contributed by atoms with E-state index in [1.807, 2.05) is 0 Å². The topological polar surface area (TPSA) is 117 Å². The zero-order chi connectivity index (χ0) is 22.7. The van der Waals surface area contributed by atoms with Crippen molar-refractivity contribution in [2.45, 2.75) is 6.92 Å². The van der Waals surface area contributed by atoms with Gasteiger partial charge in [-0.3, -0.25) is 19.4 Å². The van der Waals surface area contributed by atoms with E-state index in [1.165, 1.54) is 18.4 Å². The summed E-state index contributed by atoms with van der Waals surface area (Å²) < 4.78 is 4.97. The fourth-order valence-electron chi connectivity index (χ4n) is 2.99. The number of benzene rings is 2. The van der Waals surface area contributed by atoms with Crippen LogP contribution in [0.25, 0.3) is 11.3 Å². The molecule has 0 fully saturated rings. The number of nitrogens with zero attached hydrogens (tertiary/aromatic N) is 1. The minimum absolute atomic E-state index is 0.0522. The van der Waals surface area contributed by atoms with Crippen molar-refractivity contribution in [3.05, 3.63) is 93.6 Å². The molecular formula is C23H17ClN4O4. The Morgan fingerprint density at radius 3 is 2.53 bits per heavy atom. The van der Waals surface area contributed by atoms with Gasteiger partial charge in [0, 0.05) is 27.5 Å². The van der Waals surface area contributed by atoms with Crippen molar-refractivity contribution in [2.75, 3.05) is 10.6 Å². The van der Waals surface area contributed by atoms with E-state index in [4.69, 9.17) is 16.0 Å². The third kappa shape index (κ3) is 4.60. The summed E-state index contributed by atoms with van der Waals surface area (Å²) in [6, 6.07) is 16.6. The van der Waals surface area contributed by atoms with Gasteiger partial charge in [0.25, 0.3) is 17.2 Å². The van der Waals surface area contributed by atoms with E-state index in [0.29, 0.717) is 33.2 Å². The molecule has 0 saturated heterocycles. The summed E-state index contributed by atoms with van der Waals surface area (Å²) in [5.74, 6) is -1.43. The maximum Gasteiger partial charge on any atom is 0.300 e. The zero-order valence-electron chi connectivity index (χ0n) is 16.8. The molecule has 0 aliphatic rings. The molecule has 4 aromatic rings. The minimum Gasteiger partial charge on any atom is -0.461 e. The fourth-order valence-corrected chi connectivity index (χ4v) is 3.12. The first-order valence-corrected chi connectivity index (χ1v) is 9.91. The molecule has 32 heavy (non-hydrogen) atoms. The standard InChI is InChI=1S/C23H17ClN4O4/c1-13-19(27-23(28-21(13)30)26-16-9-7-15(24)8-10-16)14-4-2-5-17(12-14)25-22(31)20(29)18-6-3-11-32-18/h2-12H,1H3,(H,25,31)(H2,26,27,28,30). The lowest BCUT2D eigenvalue weighted by Crippen LogP contribution is -2.22. The maximum absolute atomic E-state index is 12.5. The average Bonchev–Trinajstić information content (AvgIpc) is 3.32. The Labute approximate surface area is 187 Å². The number of Topliss-reactive ketones (excluding diaryl/α,β-unsaturated/α-hetero) is 1. The number of carbonyl (C=O) groups excluding carboxylic acids is 2. The lowest BCUT2D eigenvalue weighted by molar-refractivity contribution is -0.112. The van der Waals surface area contributed by atoms with E-state index in [-0.39, 0.29) is 17.3 Å². The van der Waals surface area contributed by atoms with Crippen molar-refractivity contribution in [2.24, 2.45) is 0 Å². The SMILES string of the molecule is Cc1c(-c2cccc(NC(=O)C(=O)c3ccco3)c2)nc(Nc2ccc(Cl)cc2)[nH]c1=O. The zero-order valence-corrected chi connectivity index (χ0v) is 17.6. The van der Waals surface area contributed by atoms with Crippen molar-refractivity contribution in [3.8, 4) is 11.3 Å². The second-order valence-electron chi connectivity index (χ2n) is 6.86. The van der Waals surface area contributed by atoms with Crippen molar-refractivity contribution >= 4 is 40.6 Å². The van der Waals surface area contributed by atoms with Crippen LogP contribution in [0.2, 0.25) is 5.02 Å². The van der Waals surface area contributed by atoms with Crippen LogP contribution in [0.3, 0.4) is 0 Å². The second kappa shape index (κ2) is 8.91. The molecule has 2 aromatic carbocycles. The highest BCUT2D eigenvalue weighted by Gasteiger charge is 2.19. The van der Waals surface area contributed by atoms with Crippen molar-refractivity contribution in [1.82, 2.24) is 9.97 Å². The molecule has 9 heteroatoms. The molecule has 0 saturated carbocycles. The van der Waals surface area contributed by atoms with Gasteiger partial charge < -0.3 is 15.1 Å². The maximum atomic E-state index is 12.5. The molecular weight excluding hydrogens is 432 g/mol. The lowest BCUT2D eigenvalue weighted by Gasteiger charge is -2.11. The van der Waals surface area contributed by atoms with Gasteiger partial charge in [-0.25, -0.2) is 4.98 Å². The molecule has 4 rings (SSSR count). The van der Waals surface area contributed by atoms with Crippen LogP contribution in [0, 0.1) is 6.92 Å². The highest BCUT2D eigenvalue weighted by Crippen LogP contribution is 2.24. The van der Waals surface area contributed by atoms with Crippen LogP contribution in [0.1, 0.15) is 16.1 Å². The molecule has 0 unspecified atom stereocenters. The molecule has 0 atom stereocenters. The number of nitrogens with one attached hydrogen (secondary N) is 3. The number of H-pyrrole nitrogens is 1. The first-order chi connectivity index (χ1) is 15.4. The van der Waals surface area contributed by atoms with Gasteiger partial charge in [0.1, 0.15) is 0 Å². The Kier molecular flexibility index (Phi) is 5.87. The van der Waals surface area contributed by atoms with Crippen LogP contribution in [-0.2, 0) is 4.79 Å². The number of hydrogen-bond donors (Lipinski definition) is 3. The number of aromatic nitrogens is 2. The smallest absolute Gasteiger partial charge is 0.300 e. The molecule has 2 aromatic heterocycles. The Balaban J connectivity index is 1.61. The summed E-state index contributed by atoms with van der Waals surface area (Å²) in [5, 5.41) is 6.17. The number of amides is 1. The van der Waals surface area contributed by atoms with Crippen molar-refractivity contribution < 1.29 is 14.0 Å². The number of anilines is 3. The molecule has 8 nitrogen and oxygen atoms in total. The van der Waals surface area contributed by atoms with E-state index in [2.05, 4.69) is 20.6 Å². The average molecular weight is 449 g/mol. The molecule has 0 aliphatic carbocycles. The number of carbonyl (C=O) groups is 2. The summed E-state index contributed by atoms with van der Waals surface area (Å²) in [5.41, 5.74) is 2.19. The first-order valence-electron chi connectivity index (χ1n) is 9.54. The summed E-state index contributed by atoms with van der Waals surface area (Å²) in [4.78, 5) is 44.1. The van der Waals surface area contributed by atoms with E-state index in [0.717, 1.165) is 0 Å². The molecule has 1 amide bonds. The van der Waals surface area contributed by atoms with Gasteiger partial charge in [-0.05, 0) is 55.5 Å². The second-order valence-corrected chi connectivity index (χ2v) is 7.30. The highest BCUT2D eigenvalue weighted by atomic mass is 35.5. The predicted molar refractivity (Wildman–Crippen MR) is 121 cm³/mol. The summed E-state index contributed by atoms with van der Waals surface area (Å²) in [6.45, 7) is 1.65. The summed E-state index contributed by atoms with van der Waals surface area (Å²) >= 11 is 5.91. The van der Waals surface area contributed by atoms with Crippen molar-refractivity contribution in [3.63, 3.8) is 0 Å². The van der Waals surface area contributed by atoms with E-state index < -0.39 is 11.7 Å². The Morgan fingerprint density at radius 2 is 1.81 bits per heavy atom. The predicted octanol–water partition coefficient (Wildman–Crippen LogP) is 4.56. The van der Waals surface area contributed by atoms with Crippen LogP contribution in [-0.4, -0.2) is 21.7 Å². The van der Waals surface area contributed by atoms with E-state index in [1.54, 1.807) is 55.5 Å². The highest BCUT2D eigenvalue weighted by molar-refractivity contribution is 6.45. The number of ketones is 1. The fraction of sp³-hybridized carbons (Fsp3) is 0.0435. The Hall–Kier alpha value is -4.17. The van der Waals surface area contributed by atoms with Gasteiger partial charge in [-0.2, -0.15) is 0 Å². The molecule has 0 spiro atoms. The monoisotopic (exact) mass is 448 g/mol. The first kappa shape index (κ1) is 21.1. The van der Waals surface area contributed by atoms with Crippen LogP contribution < -0.4 is 16.2 Å². The van der Waals surface area contributed by atoms with Gasteiger partial charge in [-0.15, -0.1) is 0 Å². The molecule has 0 radical (unpaired) electrons. The van der Waals surface area contributed by atoms with Crippen LogP contribution >= 0.6 is 11.6 Å². The molecule has 0 aliphatic heterocycles. The number of rotatable bonds is 6. The minimum atomic E-state index is -0.835. The normalized spacial score (nSPS) is 10.6. The molecule has 0 bridgehead atoms. The third-order valence-electron chi connectivity index (χ3n) is 4.60. The van der Waals surface area contributed by atoms with Crippen molar-refractivity contribution in [1.29, 1.82) is 0 Å². The third-order valence-corrected chi connectivity index (χ3v) is 4.86. The largest absolute Gasteiger partial charge is 0.461 e. The van der Waals surface area contributed by atoms with Gasteiger partial charge in [0.05, 0.1) is 12.0 Å². The van der Waals surface area contributed by atoms with Gasteiger partial charge in [0.2, 0.25) is 5.95 Å². The quantitative estimate of drug-likeness (QED) is 0.294.